The fourth-order valence-electron chi connectivity index (χ4n) is 1.72. The fourth-order valence-corrected chi connectivity index (χ4v) is 2.75. The molecule has 0 aliphatic carbocycles. The molecule has 2 rings (SSSR count). The molecular weight excluding hydrogens is 324 g/mol. The van der Waals surface area contributed by atoms with E-state index in [0.717, 1.165) is 16.6 Å². The maximum atomic E-state index is 11.8. The highest BCUT2D eigenvalue weighted by Crippen LogP contribution is 2.29. The van der Waals surface area contributed by atoms with Gasteiger partial charge in [-0.05, 0) is 30.0 Å². The lowest BCUT2D eigenvalue weighted by molar-refractivity contribution is -0.115. The molecular formula is C14H17BrN2OS. The van der Waals surface area contributed by atoms with Crippen molar-refractivity contribution >= 4 is 48.5 Å². The number of alkyl halides is 1. The molecule has 1 atom stereocenters. The number of fused-ring (bicyclic) bond motifs is 1. The van der Waals surface area contributed by atoms with Gasteiger partial charge in [0.05, 0.1) is 15.0 Å². The summed E-state index contributed by atoms with van der Waals surface area (Å²) in [6, 6.07) is 6.26. The van der Waals surface area contributed by atoms with E-state index in [2.05, 4.69) is 52.2 Å². The number of halogens is 1. The minimum Gasteiger partial charge on any atom is -0.301 e. The third-order valence-corrected chi connectivity index (χ3v) is 4.95. The zero-order valence-corrected chi connectivity index (χ0v) is 13.6. The first-order valence-corrected chi connectivity index (χ1v) is 8.10. The molecule has 0 fully saturated rings. The topological polar surface area (TPSA) is 42.0 Å². The summed E-state index contributed by atoms with van der Waals surface area (Å²) < 4.78 is 1.11. The van der Waals surface area contributed by atoms with Crippen LogP contribution in [0.15, 0.2) is 18.2 Å². The Kier molecular flexibility index (Phi) is 4.58. The summed E-state index contributed by atoms with van der Waals surface area (Å²) >= 11 is 4.86. The third-order valence-electron chi connectivity index (χ3n) is 2.95. The van der Waals surface area contributed by atoms with Gasteiger partial charge in [0.25, 0.3) is 0 Å². The molecule has 0 radical (unpaired) electrons. The fraction of sp³-hybridized carbons (Fsp3) is 0.429. The number of carbonyl (C=O) groups excluding carboxylic acids is 1. The number of nitrogens with one attached hydrogen (secondary N) is 1. The largest absolute Gasteiger partial charge is 0.301 e. The zero-order valence-electron chi connectivity index (χ0n) is 11.2. The number of anilines is 1. The van der Waals surface area contributed by atoms with Gasteiger partial charge in [-0.3, -0.25) is 4.79 Å². The minimum absolute atomic E-state index is 0.0364. The Morgan fingerprint density at radius 2 is 2.21 bits per heavy atom. The lowest BCUT2D eigenvalue weighted by atomic mass is 10.0. The molecule has 0 saturated heterocycles. The van der Waals surface area contributed by atoms with Gasteiger partial charge in [-0.2, -0.15) is 0 Å². The third kappa shape index (κ3) is 3.34. The summed E-state index contributed by atoms with van der Waals surface area (Å²) in [5.41, 5.74) is 2.23. The molecule has 0 aliphatic heterocycles. The quantitative estimate of drug-likeness (QED) is 0.830. The molecule has 1 N–H and O–H groups in total. The van der Waals surface area contributed by atoms with Gasteiger partial charge in [0, 0.05) is 0 Å². The number of nitrogens with zero attached hydrogens (tertiary/aromatic N) is 1. The molecule has 0 aliphatic rings. The Morgan fingerprint density at radius 3 is 2.84 bits per heavy atom. The predicted octanol–water partition coefficient (Wildman–Crippen LogP) is 4.53. The number of aromatic nitrogens is 1. The van der Waals surface area contributed by atoms with Crippen LogP contribution in [0, 0.1) is 0 Å². The van der Waals surface area contributed by atoms with Gasteiger partial charge in [-0.25, -0.2) is 4.98 Å². The first kappa shape index (κ1) is 14.5. The van der Waals surface area contributed by atoms with Crippen LogP contribution in [-0.4, -0.2) is 15.7 Å². The molecule has 0 saturated carbocycles. The van der Waals surface area contributed by atoms with Crippen LogP contribution in [0.5, 0.6) is 0 Å². The normalized spacial score (nSPS) is 12.9. The van der Waals surface area contributed by atoms with Gasteiger partial charge >= 0.3 is 0 Å². The molecule has 0 bridgehead atoms. The number of amides is 1. The van der Waals surface area contributed by atoms with Crippen LogP contribution >= 0.6 is 27.3 Å². The van der Waals surface area contributed by atoms with E-state index >= 15 is 0 Å². The second-order valence-electron chi connectivity index (χ2n) is 4.77. The van der Waals surface area contributed by atoms with Crippen LogP contribution in [0.4, 0.5) is 5.13 Å². The Bertz CT molecular complexity index is 594. The van der Waals surface area contributed by atoms with E-state index < -0.39 is 0 Å². The molecule has 1 aromatic carbocycles. The van der Waals surface area contributed by atoms with Crippen LogP contribution in [-0.2, 0) is 4.79 Å². The molecule has 1 unspecified atom stereocenters. The van der Waals surface area contributed by atoms with Gasteiger partial charge in [-0.1, -0.05) is 54.1 Å². The summed E-state index contributed by atoms with van der Waals surface area (Å²) in [5.74, 6) is 0.460. The molecule has 3 nitrogen and oxygen atoms in total. The monoisotopic (exact) mass is 340 g/mol. The van der Waals surface area contributed by atoms with Crippen molar-refractivity contribution in [2.24, 2.45) is 0 Å². The highest BCUT2D eigenvalue weighted by Gasteiger charge is 2.14. The number of carbonyl (C=O) groups is 1. The second-order valence-corrected chi connectivity index (χ2v) is 6.90. The van der Waals surface area contributed by atoms with Gasteiger partial charge in [0.1, 0.15) is 0 Å². The molecule has 0 spiro atoms. The molecule has 1 aromatic heterocycles. The first-order chi connectivity index (χ1) is 9.01. The average Bonchev–Trinajstić information content (AvgIpc) is 2.78. The number of thiazole rings is 1. The standard InChI is InChI=1S/C14H17BrN2OS/c1-4-10(15)13(18)17-14-16-11-6-5-9(8(2)3)7-12(11)19-14/h5-8,10H,4H2,1-3H3,(H,16,17,18). The zero-order chi connectivity index (χ0) is 14.0. The second kappa shape index (κ2) is 6.01. The van der Waals surface area contributed by atoms with Crippen molar-refractivity contribution in [3.63, 3.8) is 0 Å². The van der Waals surface area contributed by atoms with Crippen molar-refractivity contribution in [1.29, 1.82) is 0 Å². The molecule has 5 heteroatoms. The smallest absolute Gasteiger partial charge is 0.239 e. The summed E-state index contributed by atoms with van der Waals surface area (Å²) in [4.78, 5) is 16.1. The van der Waals surface area contributed by atoms with E-state index in [1.165, 1.54) is 16.9 Å². The molecule has 1 amide bonds. The van der Waals surface area contributed by atoms with Crippen molar-refractivity contribution in [3.05, 3.63) is 23.8 Å². The van der Waals surface area contributed by atoms with Crippen LogP contribution in [0.25, 0.3) is 10.2 Å². The molecule has 102 valence electrons. The van der Waals surface area contributed by atoms with E-state index in [1.54, 1.807) is 0 Å². The van der Waals surface area contributed by atoms with Crippen LogP contribution in [0.2, 0.25) is 0 Å². The predicted molar refractivity (Wildman–Crippen MR) is 85.3 cm³/mol. The highest BCUT2D eigenvalue weighted by molar-refractivity contribution is 9.10. The summed E-state index contributed by atoms with van der Waals surface area (Å²) in [6.45, 7) is 6.30. The summed E-state index contributed by atoms with van der Waals surface area (Å²) in [6.07, 6.45) is 0.758. The average molecular weight is 341 g/mol. The van der Waals surface area contributed by atoms with Crippen molar-refractivity contribution in [2.45, 2.75) is 37.9 Å². The lowest BCUT2D eigenvalue weighted by Crippen LogP contribution is -2.21. The number of benzene rings is 1. The van der Waals surface area contributed by atoms with Crippen LogP contribution in [0.1, 0.15) is 38.7 Å². The molecule has 19 heavy (non-hydrogen) atoms. The summed E-state index contributed by atoms with van der Waals surface area (Å²) in [5, 5.41) is 3.52. The Morgan fingerprint density at radius 1 is 1.47 bits per heavy atom. The number of hydrogen-bond acceptors (Lipinski definition) is 3. The minimum atomic E-state index is -0.161. The Hall–Kier alpha value is -0.940. The highest BCUT2D eigenvalue weighted by atomic mass is 79.9. The van der Waals surface area contributed by atoms with Gasteiger partial charge in [-0.15, -0.1) is 0 Å². The van der Waals surface area contributed by atoms with Crippen molar-refractivity contribution in [3.8, 4) is 0 Å². The number of rotatable bonds is 4. The van der Waals surface area contributed by atoms with Crippen LogP contribution in [0.3, 0.4) is 0 Å². The van der Waals surface area contributed by atoms with Crippen molar-refractivity contribution in [2.75, 3.05) is 5.32 Å². The van der Waals surface area contributed by atoms with E-state index in [9.17, 15) is 4.79 Å². The SMILES string of the molecule is CCC(Br)C(=O)Nc1nc2ccc(C(C)C)cc2s1. The maximum absolute atomic E-state index is 11.8. The van der Waals surface area contributed by atoms with E-state index in [-0.39, 0.29) is 10.7 Å². The first-order valence-electron chi connectivity index (χ1n) is 6.36. The van der Waals surface area contributed by atoms with E-state index in [1.807, 2.05) is 13.0 Å². The molecule has 2 aromatic rings. The van der Waals surface area contributed by atoms with E-state index in [0.29, 0.717) is 11.0 Å². The van der Waals surface area contributed by atoms with Crippen molar-refractivity contribution in [1.82, 2.24) is 4.98 Å². The van der Waals surface area contributed by atoms with Gasteiger partial charge in [0.15, 0.2) is 5.13 Å². The summed E-state index contributed by atoms with van der Waals surface area (Å²) in [7, 11) is 0. The maximum Gasteiger partial charge on any atom is 0.239 e. The van der Waals surface area contributed by atoms with Crippen LogP contribution < -0.4 is 5.32 Å². The van der Waals surface area contributed by atoms with Crippen molar-refractivity contribution < 1.29 is 4.79 Å². The lowest BCUT2D eigenvalue weighted by Gasteiger charge is -2.04. The number of hydrogen-bond donors (Lipinski definition) is 1. The van der Waals surface area contributed by atoms with E-state index in [4.69, 9.17) is 0 Å². The van der Waals surface area contributed by atoms with Gasteiger partial charge < -0.3 is 5.32 Å². The Labute approximate surface area is 125 Å². The van der Waals surface area contributed by atoms with Gasteiger partial charge in [0.2, 0.25) is 5.91 Å². The molecule has 1 heterocycles. The Balaban J connectivity index is 2.24.